The number of anilines is 2. The van der Waals surface area contributed by atoms with Crippen molar-refractivity contribution in [2.75, 3.05) is 24.3 Å². The van der Waals surface area contributed by atoms with Crippen molar-refractivity contribution in [3.05, 3.63) is 58.6 Å². The highest BCUT2D eigenvalue weighted by molar-refractivity contribution is 6.30. The van der Waals surface area contributed by atoms with Gasteiger partial charge in [0.05, 0.1) is 6.54 Å². The van der Waals surface area contributed by atoms with Gasteiger partial charge in [-0.1, -0.05) is 49.1 Å². The summed E-state index contributed by atoms with van der Waals surface area (Å²) in [6.07, 6.45) is 7.43. The first-order chi connectivity index (χ1) is 13.1. The molecule has 0 bridgehead atoms. The predicted octanol–water partition coefficient (Wildman–Crippen LogP) is 5.92. The number of hydrogen-bond acceptors (Lipinski definition) is 2. The zero-order chi connectivity index (χ0) is 18.9. The standard InChI is InChI=1S/C23H28ClN3/c1-27(2)21-11-7-10-20-19(21)15-23(12-4-3-5-13-23)22(26-20)25-16-17-8-6-9-18(24)14-17/h6-11,14H,3-5,12-13,15-16H2,1-2H3,(H,25,26). The van der Waals surface area contributed by atoms with E-state index in [4.69, 9.17) is 16.6 Å². The number of nitrogens with zero attached hydrogens (tertiary/aromatic N) is 2. The normalized spacial score (nSPS) is 19.6. The van der Waals surface area contributed by atoms with Crippen LogP contribution in [0.25, 0.3) is 0 Å². The molecule has 2 aliphatic rings. The van der Waals surface area contributed by atoms with Crippen LogP contribution in [-0.4, -0.2) is 19.9 Å². The zero-order valence-electron chi connectivity index (χ0n) is 16.3. The minimum atomic E-state index is 0.149. The van der Waals surface area contributed by atoms with Crippen molar-refractivity contribution < 1.29 is 0 Å². The van der Waals surface area contributed by atoms with Crippen molar-refractivity contribution in [3.63, 3.8) is 0 Å². The Hall–Kier alpha value is -2.00. The Morgan fingerprint density at radius 1 is 1.07 bits per heavy atom. The number of nitrogens with one attached hydrogen (secondary N) is 1. The van der Waals surface area contributed by atoms with Gasteiger partial charge in [-0.25, -0.2) is 0 Å². The van der Waals surface area contributed by atoms with E-state index in [0.717, 1.165) is 17.0 Å². The van der Waals surface area contributed by atoms with Crippen molar-refractivity contribution in [3.8, 4) is 0 Å². The number of amidine groups is 1. The monoisotopic (exact) mass is 381 g/mol. The van der Waals surface area contributed by atoms with Gasteiger partial charge in [0.2, 0.25) is 0 Å². The second-order valence-corrected chi connectivity index (χ2v) is 8.57. The average Bonchev–Trinajstić information content (AvgIpc) is 2.66. The molecule has 142 valence electrons. The maximum atomic E-state index is 6.15. The quantitative estimate of drug-likeness (QED) is 0.714. The van der Waals surface area contributed by atoms with E-state index in [1.807, 2.05) is 18.2 Å². The summed E-state index contributed by atoms with van der Waals surface area (Å²) in [5, 5.41) is 4.50. The second-order valence-electron chi connectivity index (χ2n) is 8.14. The summed E-state index contributed by atoms with van der Waals surface area (Å²) in [7, 11) is 4.26. The van der Waals surface area contributed by atoms with Gasteiger partial charge in [-0.15, -0.1) is 0 Å². The van der Waals surface area contributed by atoms with Gasteiger partial charge in [0.25, 0.3) is 0 Å². The largest absolute Gasteiger partial charge is 0.377 e. The van der Waals surface area contributed by atoms with Crippen molar-refractivity contribution in [2.45, 2.75) is 45.1 Å². The third-order valence-electron chi connectivity index (χ3n) is 6.02. The molecular weight excluding hydrogens is 354 g/mol. The topological polar surface area (TPSA) is 27.6 Å². The number of aliphatic imine (C=N–C) groups is 1. The lowest BCUT2D eigenvalue weighted by atomic mass is 9.67. The van der Waals surface area contributed by atoms with Crippen LogP contribution in [0.4, 0.5) is 11.4 Å². The van der Waals surface area contributed by atoms with Crippen molar-refractivity contribution in [1.82, 2.24) is 0 Å². The van der Waals surface area contributed by atoms with Gasteiger partial charge in [-0.3, -0.25) is 4.99 Å². The Labute approximate surface area is 167 Å². The highest BCUT2D eigenvalue weighted by Crippen LogP contribution is 2.47. The fraction of sp³-hybridized carbons (Fsp3) is 0.435. The lowest BCUT2D eigenvalue weighted by Crippen LogP contribution is -2.44. The van der Waals surface area contributed by atoms with Crippen LogP contribution in [-0.2, 0) is 13.0 Å². The molecule has 0 saturated heterocycles. The Morgan fingerprint density at radius 2 is 1.85 bits per heavy atom. The molecule has 0 radical (unpaired) electrons. The van der Waals surface area contributed by atoms with Crippen LogP contribution >= 0.6 is 11.6 Å². The van der Waals surface area contributed by atoms with Crippen molar-refractivity contribution >= 4 is 28.8 Å². The predicted molar refractivity (Wildman–Crippen MR) is 116 cm³/mol. The zero-order valence-corrected chi connectivity index (χ0v) is 17.0. The lowest BCUT2D eigenvalue weighted by Gasteiger charge is -2.43. The molecule has 0 amide bonds. The van der Waals surface area contributed by atoms with Crippen LogP contribution in [0.2, 0.25) is 5.02 Å². The third kappa shape index (κ3) is 3.70. The van der Waals surface area contributed by atoms with E-state index >= 15 is 0 Å². The van der Waals surface area contributed by atoms with Crippen LogP contribution in [0, 0.1) is 5.41 Å². The number of halogens is 1. The summed E-state index contributed by atoms with van der Waals surface area (Å²) in [5.41, 5.74) is 5.28. The number of benzene rings is 2. The molecule has 2 aromatic rings. The van der Waals surface area contributed by atoms with Crippen molar-refractivity contribution in [2.24, 2.45) is 10.4 Å². The molecule has 1 heterocycles. The summed E-state index contributed by atoms with van der Waals surface area (Å²) < 4.78 is 0. The van der Waals surface area contributed by atoms with Crippen molar-refractivity contribution in [1.29, 1.82) is 0 Å². The van der Waals surface area contributed by atoms with E-state index in [0.29, 0.717) is 6.54 Å². The molecule has 1 aliphatic carbocycles. The summed E-state index contributed by atoms with van der Waals surface area (Å²) in [6.45, 7) is 0.674. The lowest BCUT2D eigenvalue weighted by molar-refractivity contribution is 0.278. The first-order valence-corrected chi connectivity index (χ1v) is 10.3. The molecule has 1 N–H and O–H groups in total. The summed E-state index contributed by atoms with van der Waals surface area (Å²) >= 11 is 6.15. The number of fused-ring (bicyclic) bond motifs is 1. The number of hydrogen-bond donors (Lipinski definition) is 1. The van der Waals surface area contributed by atoms with E-state index in [-0.39, 0.29) is 5.41 Å². The number of rotatable bonds is 3. The van der Waals surface area contributed by atoms with E-state index in [9.17, 15) is 0 Å². The van der Waals surface area contributed by atoms with E-state index in [2.05, 4.69) is 48.6 Å². The fourth-order valence-corrected chi connectivity index (χ4v) is 4.85. The second kappa shape index (κ2) is 7.55. The first-order valence-electron chi connectivity index (χ1n) is 9.93. The van der Waals surface area contributed by atoms with Gasteiger partial charge in [0, 0.05) is 35.9 Å². The minimum absolute atomic E-state index is 0.149. The molecule has 1 fully saturated rings. The maximum Gasteiger partial charge on any atom is 0.108 e. The molecule has 0 atom stereocenters. The average molecular weight is 382 g/mol. The molecule has 4 rings (SSSR count). The van der Waals surface area contributed by atoms with Crippen LogP contribution in [0.5, 0.6) is 0 Å². The molecule has 1 aliphatic heterocycles. The van der Waals surface area contributed by atoms with E-state index in [1.54, 1.807) is 0 Å². The molecule has 27 heavy (non-hydrogen) atoms. The molecule has 3 nitrogen and oxygen atoms in total. The van der Waals surface area contributed by atoms with Gasteiger partial charge in [-0.2, -0.15) is 0 Å². The minimum Gasteiger partial charge on any atom is -0.377 e. The molecule has 1 saturated carbocycles. The Morgan fingerprint density at radius 3 is 2.59 bits per heavy atom. The highest BCUT2D eigenvalue weighted by Gasteiger charge is 2.41. The van der Waals surface area contributed by atoms with E-state index in [1.165, 1.54) is 54.9 Å². The van der Waals surface area contributed by atoms with Crippen LogP contribution < -0.4 is 10.2 Å². The smallest absolute Gasteiger partial charge is 0.108 e. The fourth-order valence-electron chi connectivity index (χ4n) is 4.63. The Kier molecular flexibility index (Phi) is 5.14. The molecule has 0 unspecified atom stereocenters. The van der Waals surface area contributed by atoms with Gasteiger partial charge in [0.15, 0.2) is 0 Å². The SMILES string of the molecule is CN(C)c1cccc2c1CC1(CCCCC1)C(=NCc1cccc(Cl)c1)N2. The van der Waals surface area contributed by atoms with Crippen LogP contribution in [0.3, 0.4) is 0 Å². The molecule has 1 spiro atoms. The van der Waals surface area contributed by atoms with Crippen LogP contribution in [0.1, 0.15) is 43.2 Å². The molecular formula is C23H28ClN3. The first kappa shape index (κ1) is 18.4. The summed E-state index contributed by atoms with van der Waals surface area (Å²) in [6, 6.07) is 14.6. The van der Waals surface area contributed by atoms with E-state index < -0.39 is 0 Å². The maximum absolute atomic E-state index is 6.15. The summed E-state index contributed by atoms with van der Waals surface area (Å²) in [5.74, 6) is 1.17. The summed E-state index contributed by atoms with van der Waals surface area (Å²) in [4.78, 5) is 7.31. The molecule has 2 aromatic carbocycles. The highest BCUT2D eigenvalue weighted by atomic mass is 35.5. The van der Waals surface area contributed by atoms with Gasteiger partial charge < -0.3 is 10.2 Å². The Bertz CT molecular complexity index is 850. The van der Waals surface area contributed by atoms with Gasteiger partial charge >= 0.3 is 0 Å². The molecule has 0 aromatic heterocycles. The Balaban J connectivity index is 1.71. The molecule has 4 heteroatoms. The van der Waals surface area contributed by atoms with Gasteiger partial charge in [0.1, 0.15) is 5.84 Å². The van der Waals surface area contributed by atoms with Gasteiger partial charge in [-0.05, 0) is 54.7 Å². The third-order valence-corrected chi connectivity index (χ3v) is 6.26. The van der Waals surface area contributed by atoms with Crippen LogP contribution in [0.15, 0.2) is 47.5 Å².